The summed E-state index contributed by atoms with van der Waals surface area (Å²) in [5, 5.41) is 5.19. The van der Waals surface area contributed by atoms with Gasteiger partial charge in [-0.2, -0.15) is 0 Å². The second-order valence-electron chi connectivity index (χ2n) is 4.05. The number of rotatable bonds is 4. The summed E-state index contributed by atoms with van der Waals surface area (Å²) in [5.74, 6) is -0.300. The first-order chi connectivity index (χ1) is 9.13. The number of halogens is 1. The van der Waals surface area contributed by atoms with Gasteiger partial charge in [0.15, 0.2) is 6.04 Å². The van der Waals surface area contributed by atoms with Gasteiger partial charge in [-0.1, -0.05) is 18.2 Å². The van der Waals surface area contributed by atoms with E-state index in [1.807, 2.05) is 42.6 Å². The molecule has 1 N–H and O–H groups in total. The molecule has 2 rings (SSSR count). The number of methoxy groups -OCH3 is 1. The summed E-state index contributed by atoms with van der Waals surface area (Å²) in [4.78, 5) is 12.9. The van der Waals surface area contributed by atoms with E-state index in [-0.39, 0.29) is 5.97 Å². The number of aryl methyl sites for hydroxylation is 1. The van der Waals surface area contributed by atoms with Crippen molar-refractivity contribution in [3.63, 3.8) is 0 Å². The quantitative estimate of drug-likeness (QED) is 0.850. The van der Waals surface area contributed by atoms with Crippen LogP contribution >= 0.6 is 27.3 Å². The Balaban J connectivity index is 2.33. The third-order valence-electron chi connectivity index (χ3n) is 2.79. The largest absolute Gasteiger partial charge is 0.467 e. The van der Waals surface area contributed by atoms with Gasteiger partial charge in [0, 0.05) is 10.2 Å². The Bertz CT molecular complexity index is 582. The molecule has 0 aliphatic carbocycles. The van der Waals surface area contributed by atoms with Crippen molar-refractivity contribution in [3.05, 3.63) is 50.6 Å². The highest BCUT2D eigenvalue weighted by Crippen LogP contribution is 2.32. The third-order valence-corrected chi connectivity index (χ3v) is 4.72. The second kappa shape index (κ2) is 6.21. The van der Waals surface area contributed by atoms with Gasteiger partial charge in [-0.15, -0.1) is 11.3 Å². The van der Waals surface area contributed by atoms with Gasteiger partial charge in [0.25, 0.3) is 0 Å². The Hall–Kier alpha value is -1.33. The fraction of sp³-hybridized carbons (Fsp3) is 0.214. The van der Waals surface area contributed by atoms with Gasteiger partial charge in [-0.3, -0.25) is 0 Å². The van der Waals surface area contributed by atoms with Crippen LogP contribution in [0.1, 0.15) is 16.5 Å². The van der Waals surface area contributed by atoms with Crippen LogP contribution in [-0.2, 0) is 9.53 Å². The van der Waals surface area contributed by atoms with Gasteiger partial charge in [-0.05, 0) is 45.9 Å². The van der Waals surface area contributed by atoms with Gasteiger partial charge < -0.3 is 10.1 Å². The maximum absolute atomic E-state index is 12.0. The number of nitrogens with one attached hydrogen (secondary N) is 1. The Morgan fingerprint density at radius 3 is 2.68 bits per heavy atom. The van der Waals surface area contributed by atoms with Gasteiger partial charge in [0.2, 0.25) is 0 Å². The lowest BCUT2D eigenvalue weighted by Gasteiger charge is -2.18. The molecule has 0 aliphatic heterocycles. The van der Waals surface area contributed by atoms with Crippen molar-refractivity contribution in [2.75, 3.05) is 12.4 Å². The second-order valence-corrected chi connectivity index (χ2v) is 5.85. The van der Waals surface area contributed by atoms with Crippen LogP contribution in [0.3, 0.4) is 0 Å². The van der Waals surface area contributed by atoms with E-state index in [9.17, 15) is 4.79 Å². The number of benzene rings is 1. The third kappa shape index (κ3) is 3.16. The molecule has 1 aromatic heterocycles. The minimum absolute atomic E-state index is 0.300. The van der Waals surface area contributed by atoms with E-state index in [1.54, 1.807) is 0 Å². The van der Waals surface area contributed by atoms with Crippen molar-refractivity contribution in [1.82, 2.24) is 0 Å². The summed E-state index contributed by atoms with van der Waals surface area (Å²) < 4.78 is 5.80. The van der Waals surface area contributed by atoms with E-state index < -0.39 is 6.04 Å². The van der Waals surface area contributed by atoms with E-state index in [0.29, 0.717) is 0 Å². The van der Waals surface area contributed by atoms with Gasteiger partial charge in [0.1, 0.15) is 0 Å². The molecule has 1 unspecified atom stereocenters. The first kappa shape index (κ1) is 14.1. The van der Waals surface area contributed by atoms with E-state index in [0.717, 1.165) is 20.6 Å². The lowest BCUT2D eigenvalue weighted by atomic mass is 10.1. The molecular weight excluding hydrogens is 326 g/mol. The Kier molecular flexibility index (Phi) is 4.61. The molecule has 0 saturated heterocycles. The summed E-state index contributed by atoms with van der Waals surface area (Å²) in [6, 6.07) is 9.28. The van der Waals surface area contributed by atoms with E-state index in [1.165, 1.54) is 18.4 Å². The number of para-hydroxylation sites is 1. The molecule has 0 amide bonds. The van der Waals surface area contributed by atoms with Crippen LogP contribution in [0.2, 0.25) is 0 Å². The highest BCUT2D eigenvalue weighted by molar-refractivity contribution is 9.10. The fourth-order valence-electron chi connectivity index (χ4n) is 1.75. The zero-order valence-corrected chi connectivity index (χ0v) is 13.0. The average molecular weight is 340 g/mol. The van der Waals surface area contributed by atoms with Gasteiger partial charge in [0.05, 0.1) is 12.0 Å². The van der Waals surface area contributed by atoms with Gasteiger partial charge in [-0.25, -0.2) is 4.79 Å². The molecule has 0 bridgehead atoms. The smallest absolute Gasteiger partial charge is 0.333 e. The molecule has 0 aliphatic rings. The van der Waals surface area contributed by atoms with Crippen molar-refractivity contribution >= 4 is 38.9 Å². The van der Waals surface area contributed by atoms with Crippen LogP contribution in [-0.4, -0.2) is 13.1 Å². The normalized spacial score (nSPS) is 11.9. The molecule has 19 heavy (non-hydrogen) atoms. The average Bonchev–Trinajstić information content (AvgIpc) is 2.83. The van der Waals surface area contributed by atoms with Crippen LogP contribution in [0.5, 0.6) is 0 Å². The van der Waals surface area contributed by atoms with Crippen molar-refractivity contribution in [1.29, 1.82) is 0 Å². The van der Waals surface area contributed by atoms with Crippen LogP contribution in [0, 0.1) is 6.92 Å². The van der Waals surface area contributed by atoms with Crippen molar-refractivity contribution in [2.24, 2.45) is 0 Å². The monoisotopic (exact) mass is 339 g/mol. The molecule has 2 aromatic rings. The Labute approximate surface area is 124 Å². The molecule has 5 heteroatoms. The van der Waals surface area contributed by atoms with Crippen LogP contribution in [0.15, 0.2) is 40.2 Å². The maximum Gasteiger partial charge on any atom is 0.333 e. The van der Waals surface area contributed by atoms with E-state index in [2.05, 4.69) is 21.2 Å². The van der Waals surface area contributed by atoms with Crippen LogP contribution in [0.25, 0.3) is 0 Å². The summed E-state index contributed by atoms with van der Waals surface area (Å²) in [7, 11) is 1.40. The summed E-state index contributed by atoms with van der Waals surface area (Å²) in [6.45, 7) is 2.00. The predicted molar refractivity (Wildman–Crippen MR) is 81.6 cm³/mol. The fourth-order valence-corrected chi connectivity index (χ4v) is 3.39. The lowest BCUT2D eigenvalue weighted by Crippen LogP contribution is -2.22. The first-order valence-corrected chi connectivity index (χ1v) is 7.43. The summed E-state index contributed by atoms with van der Waals surface area (Å²) >= 11 is 4.98. The summed E-state index contributed by atoms with van der Waals surface area (Å²) in [6.07, 6.45) is 0. The van der Waals surface area contributed by atoms with Crippen molar-refractivity contribution in [2.45, 2.75) is 13.0 Å². The number of carbonyl (C=O) groups is 1. The van der Waals surface area contributed by atoms with Crippen LogP contribution < -0.4 is 5.32 Å². The molecule has 1 aromatic carbocycles. The molecule has 1 heterocycles. The zero-order chi connectivity index (χ0) is 13.8. The molecule has 1 atom stereocenters. The number of ether oxygens (including phenoxy) is 1. The first-order valence-electron chi connectivity index (χ1n) is 5.76. The lowest BCUT2D eigenvalue weighted by molar-refractivity contribution is -0.141. The van der Waals surface area contributed by atoms with Gasteiger partial charge >= 0.3 is 5.97 Å². The molecular formula is C14H14BrNO2S. The molecule has 3 nitrogen and oxygen atoms in total. The Morgan fingerprint density at radius 1 is 1.37 bits per heavy atom. The number of hydrogen-bond acceptors (Lipinski definition) is 4. The van der Waals surface area contributed by atoms with Crippen molar-refractivity contribution in [3.8, 4) is 0 Å². The number of esters is 1. The number of thiophene rings is 1. The van der Waals surface area contributed by atoms with E-state index >= 15 is 0 Å². The minimum Gasteiger partial charge on any atom is -0.467 e. The summed E-state index contributed by atoms with van der Waals surface area (Å²) in [5.41, 5.74) is 2.02. The zero-order valence-electron chi connectivity index (χ0n) is 10.6. The molecule has 0 saturated carbocycles. The Morgan fingerprint density at radius 2 is 2.11 bits per heavy atom. The highest BCUT2D eigenvalue weighted by atomic mass is 79.9. The number of anilines is 1. The SMILES string of the molecule is COC(=O)C(Nc1ccccc1C)c1sccc1Br. The van der Waals surface area contributed by atoms with E-state index in [4.69, 9.17) is 4.74 Å². The minimum atomic E-state index is -0.500. The van der Waals surface area contributed by atoms with Crippen LogP contribution in [0.4, 0.5) is 5.69 Å². The predicted octanol–water partition coefficient (Wildman–Crippen LogP) is 4.15. The van der Waals surface area contributed by atoms with Crippen molar-refractivity contribution < 1.29 is 9.53 Å². The number of hydrogen-bond donors (Lipinski definition) is 1. The maximum atomic E-state index is 12.0. The molecule has 0 spiro atoms. The molecule has 0 fully saturated rings. The highest BCUT2D eigenvalue weighted by Gasteiger charge is 2.25. The number of carbonyl (C=O) groups excluding carboxylic acids is 1. The molecule has 0 radical (unpaired) electrons. The topological polar surface area (TPSA) is 38.3 Å². The standard InChI is InChI=1S/C14H14BrNO2S/c1-9-5-3-4-6-11(9)16-12(14(17)18-2)13-10(15)7-8-19-13/h3-8,12,16H,1-2H3. The molecule has 100 valence electrons.